The van der Waals surface area contributed by atoms with Gasteiger partial charge in [-0.1, -0.05) is 13.8 Å². The van der Waals surface area contributed by atoms with Crippen molar-refractivity contribution < 1.29 is 14.3 Å². The molecule has 0 radical (unpaired) electrons. The van der Waals surface area contributed by atoms with Crippen molar-refractivity contribution >= 4 is 11.8 Å². The molecule has 0 atom stereocenters. The van der Waals surface area contributed by atoms with Gasteiger partial charge in [0.1, 0.15) is 5.75 Å². The first-order valence-corrected chi connectivity index (χ1v) is 7.01. The van der Waals surface area contributed by atoms with E-state index in [1.54, 1.807) is 6.07 Å². The highest BCUT2D eigenvalue weighted by atomic mass is 16.5. The van der Waals surface area contributed by atoms with E-state index < -0.39 is 5.91 Å². The van der Waals surface area contributed by atoms with E-state index in [0.29, 0.717) is 23.4 Å². The van der Waals surface area contributed by atoms with Gasteiger partial charge in [0.25, 0.3) is 5.91 Å². The van der Waals surface area contributed by atoms with E-state index in [1.807, 2.05) is 0 Å². The van der Waals surface area contributed by atoms with Crippen LogP contribution in [0.2, 0.25) is 0 Å². The van der Waals surface area contributed by atoms with Crippen LogP contribution in [0.3, 0.4) is 0 Å². The Morgan fingerprint density at radius 2 is 1.95 bits per heavy atom. The molecule has 6 nitrogen and oxygen atoms in total. The molecular weight excluding hydrogens is 270 g/mol. The van der Waals surface area contributed by atoms with Crippen LogP contribution >= 0.6 is 0 Å². The topological polar surface area (TPSA) is 84.7 Å². The number of methoxy groups -OCH3 is 1. The molecular formula is C15H23N3O3. The summed E-state index contributed by atoms with van der Waals surface area (Å²) in [5, 5.41) is 2.84. The summed E-state index contributed by atoms with van der Waals surface area (Å²) in [6, 6.07) is 4.54. The van der Waals surface area contributed by atoms with Crippen LogP contribution in [0.25, 0.3) is 0 Å². The van der Waals surface area contributed by atoms with Gasteiger partial charge in [0.15, 0.2) is 0 Å². The summed E-state index contributed by atoms with van der Waals surface area (Å²) in [5.41, 5.74) is 5.91. The van der Waals surface area contributed by atoms with Gasteiger partial charge < -0.3 is 20.7 Å². The number of hydrogen-bond donors (Lipinski definition) is 2. The largest absolute Gasteiger partial charge is 0.496 e. The molecule has 0 bridgehead atoms. The molecule has 0 unspecified atom stereocenters. The van der Waals surface area contributed by atoms with Crippen LogP contribution in [0.5, 0.6) is 5.75 Å². The van der Waals surface area contributed by atoms with Gasteiger partial charge in [-0.05, 0) is 31.3 Å². The predicted octanol–water partition coefficient (Wildman–Crippen LogP) is 0.866. The third-order valence-electron chi connectivity index (χ3n) is 3.34. The van der Waals surface area contributed by atoms with Crippen LogP contribution in [0, 0.1) is 0 Å². The molecule has 0 aliphatic rings. The maximum absolute atomic E-state index is 12.1. The number of benzene rings is 1. The maximum atomic E-state index is 12.1. The molecule has 2 amide bonds. The minimum Gasteiger partial charge on any atom is -0.496 e. The Labute approximate surface area is 125 Å². The number of likely N-dealkylation sites (N-methyl/N-ethyl adjacent to an activating group) is 1. The SMILES string of the molecule is CCN(CC)CCNC(=O)c1ccc(C(N)=O)cc1OC. The summed E-state index contributed by atoms with van der Waals surface area (Å²) in [5.74, 6) is -0.441. The van der Waals surface area contributed by atoms with Crippen molar-refractivity contribution in [2.75, 3.05) is 33.3 Å². The van der Waals surface area contributed by atoms with E-state index in [4.69, 9.17) is 10.5 Å². The van der Waals surface area contributed by atoms with E-state index in [0.717, 1.165) is 19.6 Å². The Kier molecular flexibility index (Phi) is 6.68. The predicted molar refractivity (Wildman–Crippen MR) is 81.6 cm³/mol. The van der Waals surface area contributed by atoms with Crippen LogP contribution in [0.15, 0.2) is 18.2 Å². The van der Waals surface area contributed by atoms with E-state index in [-0.39, 0.29) is 5.91 Å². The van der Waals surface area contributed by atoms with E-state index in [9.17, 15) is 9.59 Å². The van der Waals surface area contributed by atoms with Crippen molar-refractivity contribution in [1.29, 1.82) is 0 Å². The first kappa shape index (κ1) is 17.0. The fourth-order valence-corrected chi connectivity index (χ4v) is 1.99. The molecule has 0 spiro atoms. The van der Waals surface area contributed by atoms with Gasteiger partial charge in [-0.25, -0.2) is 0 Å². The number of hydrogen-bond acceptors (Lipinski definition) is 4. The molecule has 1 aromatic rings. The van der Waals surface area contributed by atoms with Gasteiger partial charge in [-0.2, -0.15) is 0 Å². The quantitative estimate of drug-likeness (QED) is 0.744. The van der Waals surface area contributed by atoms with Crippen molar-refractivity contribution in [2.24, 2.45) is 5.73 Å². The molecule has 0 aromatic heterocycles. The second-order valence-corrected chi connectivity index (χ2v) is 4.56. The highest BCUT2D eigenvalue weighted by Crippen LogP contribution is 2.19. The second kappa shape index (κ2) is 8.26. The minimum absolute atomic E-state index is 0.227. The first-order valence-electron chi connectivity index (χ1n) is 7.01. The van der Waals surface area contributed by atoms with Gasteiger partial charge in [0, 0.05) is 18.7 Å². The van der Waals surface area contributed by atoms with Crippen molar-refractivity contribution in [3.8, 4) is 5.75 Å². The molecule has 0 aliphatic heterocycles. The molecule has 0 saturated heterocycles. The van der Waals surface area contributed by atoms with Crippen molar-refractivity contribution in [1.82, 2.24) is 10.2 Å². The average Bonchev–Trinajstić information content (AvgIpc) is 2.50. The Balaban J connectivity index is 2.71. The van der Waals surface area contributed by atoms with Crippen LogP contribution in [-0.4, -0.2) is 50.0 Å². The van der Waals surface area contributed by atoms with Gasteiger partial charge in [0.05, 0.1) is 12.7 Å². The molecule has 0 fully saturated rings. The standard InChI is InChI=1S/C15H23N3O3/c1-4-18(5-2)9-8-17-15(20)12-7-6-11(14(16)19)10-13(12)21-3/h6-7,10H,4-5,8-9H2,1-3H3,(H2,16,19)(H,17,20). The number of rotatable bonds is 8. The summed E-state index contributed by atoms with van der Waals surface area (Å²) in [6.07, 6.45) is 0. The molecule has 0 saturated carbocycles. The molecule has 21 heavy (non-hydrogen) atoms. The molecule has 1 rings (SSSR count). The third kappa shape index (κ3) is 4.75. The monoisotopic (exact) mass is 293 g/mol. The normalized spacial score (nSPS) is 10.5. The van der Waals surface area contributed by atoms with E-state index in [1.165, 1.54) is 19.2 Å². The minimum atomic E-state index is -0.554. The smallest absolute Gasteiger partial charge is 0.255 e. The number of carbonyl (C=O) groups is 2. The zero-order chi connectivity index (χ0) is 15.8. The number of nitrogens with two attached hydrogens (primary N) is 1. The maximum Gasteiger partial charge on any atom is 0.255 e. The van der Waals surface area contributed by atoms with Crippen LogP contribution in [0.4, 0.5) is 0 Å². The summed E-state index contributed by atoms with van der Waals surface area (Å²) in [4.78, 5) is 25.5. The molecule has 116 valence electrons. The summed E-state index contributed by atoms with van der Waals surface area (Å²) >= 11 is 0. The Morgan fingerprint density at radius 3 is 2.48 bits per heavy atom. The highest BCUT2D eigenvalue weighted by molar-refractivity contribution is 5.99. The molecule has 0 heterocycles. The fraction of sp³-hybridized carbons (Fsp3) is 0.467. The zero-order valence-corrected chi connectivity index (χ0v) is 12.8. The number of nitrogens with zero attached hydrogens (tertiary/aromatic N) is 1. The lowest BCUT2D eigenvalue weighted by molar-refractivity contribution is 0.0943. The summed E-state index contributed by atoms with van der Waals surface area (Å²) < 4.78 is 5.15. The van der Waals surface area contributed by atoms with Crippen LogP contribution in [0.1, 0.15) is 34.6 Å². The third-order valence-corrected chi connectivity index (χ3v) is 3.34. The second-order valence-electron chi connectivity index (χ2n) is 4.56. The lowest BCUT2D eigenvalue weighted by Crippen LogP contribution is -2.35. The van der Waals surface area contributed by atoms with Crippen LogP contribution < -0.4 is 15.8 Å². The number of nitrogens with one attached hydrogen (secondary N) is 1. The molecule has 1 aromatic carbocycles. The van der Waals surface area contributed by atoms with E-state index >= 15 is 0 Å². The Bertz CT molecular complexity index is 499. The number of ether oxygens (including phenoxy) is 1. The molecule has 6 heteroatoms. The van der Waals surface area contributed by atoms with Crippen LogP contribution in [-0.2, 0) is 0 Å². The Hall–Kier alpha value is -2.08. The molecule has 0 aliphatic carbocycles. The van der Waals surface area contributed by atoms with E-state index in [2.05, 4.69) is 24.1 Å². The number of amides is 2. The van der Waals surface area contributed by atoms with Crippen molar-refractivity contribution in [3.05, 3.63) is 29.3 Å². The van der Waals surface area contributed by atoms with Gasteiger partial charge >= 0.3 is 0 Å². The molecule has 3 N–H and O–H groups in total. The summed E-state index contributed by atoms with van der Waals surface area (Å²) in [7, 11) is 1.45. The van der Waals surface area contributed by atoms with Crippen molar-refractivity contribution in [3.63, 3.8) is 0 Å². The first-order chi connectivity index (χ1) is 10.0. The van der Waals surface area contributed by atoms with Crippen molar-refractivity contribution in [2.45, 2.75) is 13.8 Å². The fourth-order valence-electron chi connectivity index (χ4n) is 1.99. The average molecular weight is 293 g/mol. The van der Waals surface area contributed by atoms with Gasteiger partial charge in [0.2, 0.25) is 5.91 Å². The lowest BCUT2D eigenvalue weighted by Gasteiger charge is -2.18. The number of carbonyl (C=O) groups excluding carboxylic acids is 2. The lowest BCUT2D eigenvalue weighted by atomic mass is 10.1. The Morgan fingerprint density at radius 1 is 1.29 bits per heavy atom. The van der Waals surface area contributed by atoms with Gasteiger partial charge in [-0.15, -0.1) is 0 Å². The summed E-state index contributed by atoms with van der Waals surface area (Å²) in [6.45, 7) is 7.40. The van der Waals surface area contributed by atoms with Gasteiger partial charge in [-0.3, -0.25) is 9.59 Å². The highest BCUT2D eigenvalue weighted by Gasteiger charge is 2.14. The number of primary amides is 1. The zero-order valence-electron chi connectivity index (χ0n) is 12.8.